The highest BCUT2D eigenvalue weighted by Crippen LogP contribution is 2.12. The number of unbranched alkanes of at least 4 members (excludes halogenated alkanes) is 11. The molecule has 0 aromatic carbocycles. The van der Waals surface area contributed by atoms with Crippen LogP contribution in [0.2, 0.25) is 0 Å². The van der Waals surface area contributed by atoms with E-state index in [9.17, 15) is 17.8 Å². The molecule has 0 aromatic heterocycles. The van der Waals surface area contributed by atoms with E-state index in [-0.39, 0.29) is 17.3 Å². The van der Waals surface area contributed by atoms with Gasteiger partial charge in [0.2, 0.25) is 0 Å². The van der Waals surface area contributed by atoms with Crippen molar-refractivity contribution in [1.82, 2.24) is 4.90 Å². The summed E-state index contributed by atoms with van der Waals surface area (Å²) in [6.07, 6.45) is 17.6. The highest BCUT2D eigenvalue weighted by molar-refractivity contribution is 7.85. The average Bonchev–Trinajstić information content (AvgIpc) is 2.64. The number of carboxylic acids is 1. The molecule has 0 aliphatic rings. The lowest BCUT2D eigenvalue weighted by atomic mass is 10.1. The van der Waals surface area contributed by atoms with Crippen molar-refractivity contribution in [2.45, 2.75) is 103 Å². The van der Waals surface area contributed by atoms with Crippen molar-refractivity contribution < 1.29 is 27.4 Å². The van der Waals surface area contributed by atoms with Crippen LogP contribution in [0.15, 0.2) is 0 Å². The van der Waals surface area contributed by atoms with Crippen molar-refractivity contribution >= 4 is 16.1 Å². The maximum absolute atomic E-state index is 10.9. The first-order chi connectivity index (χ1) is 14.8. The van der Waals surface area contributed by atoms with Crippen LogP contribution >= 0.6 is 0 Å². The lowest BCUT2D eigenvalue weighted by Gasteiger charge is -2.31. The van der Waals surface area contributed by atoms with Gasteiger partial charge in [-0.3, -0.25) is 0 Å². The third-order valence-corrected chi connectivity index (χ3v) is 6.34. The van der Waals surface area contributed by atoms with Crippen molar-refractivity contribution in [1.29, 1.82) is 0 Å². The van der Waals surface area contributed by atoms with Gasteiger partial charge in [0.25, 0.3) is 0 Å². The quantitative estimate of drug-likeness (QED) is 0.163. The molecule has 0 bridgehead atoms. The molecular formula is C24H52N2O5S. The first kappa shape index (κ1) is 33.5. The van der Waals surface area contributed by atoms with E-state index in [0.717, 1.165) is 0 Å². The van der Waals surface area contributed by atoms with Crippen LogP contribution in [-0.4, -0.2) is 87.0 Å². The summed E-state index contributed by atoms with van der Waals surface area (Å²) in [5.74, 6) is -1.48. The Balaban J connectivity index is 0. The minimum atomic E-state index is -4.24. The normalized spacial score (nSPS) is 13.0. The maximum atomic E-state index is 10.9. The fourth-order valence-corrected chi connectivity index (χ4v) is 4.08. The van der Waals surface area contributed by atoms with E-state index < -0.39 is 27.9 Å². The first-order valence-electron chi connectivity index (χ1n) is 12.4. The van der Waals surface area contributed by atoms with Gasteiger partial charge in [0.1, 0.15) is 0 Å². The molecule has 0 saturated heterocycles. The number of carbonyl (C=O) groups is 1. The Hall–Kier alpha value is -0.700. The van der Waals surface area contributed by atoms with E-state index in [2.05, 4.69) is 25.9 Å². The van der Waals surface area contributed by atoms with Crippen LogP contribution < -0.4 is 0 Å². The molecule has 194 valence electrons. The molecule has 0 radical (unpaired) electrons. The zero-order chi connectivity index (χ0) is 25.0. The second kappa shape index (κ2) is 19.7. The molecule has 0 aliphatic carbocycles. The predicted molar refractivity (Wildman–Crippen MR) is 133 cm³/mol. The van der Waals surface area contributed by atoms with Crippen LogP contribution in [-0.2, 0) is 14.9 Å². The van der Waals surface area contributed by atoms with Crippen LogP contribution in [0.4, 0.5) is 0 Å². The van der Waals surface area contributed by atoms with Gasteiger partial charge in [-0.25, -0.2) is 13.2 Å². The Labute approximate surface area is 198 Å². The fourth-order valence-electron chi connectivity index (χ4n) is 3.56. The zero-order valence-corrected chi connectivity index (χ0v) is 22.6. The Bertz CT molecular complexity index is 545. The number of carboxylic acid groups (broad SMARTS) is 1. The molecule has 0 rings (SSSR count). The largest absolute Gasteiger partial charge is 0.748 e. The van der Waals surface area contributed by atoms with Crippen LogP contribution in [0.1, 0.15) is 96.8 Å². The summed E-state index contributed by atoms with van der Waals surface area (Å²) >= 11 is 0. The van der Waals surface area contributed by atoms with Crippen molar-refractivity contribution in [3.63, 3.8) is 0 Å². The highest BCUT2D eigenvalue weighted by Gasteiger charge is 2.30. The molecule has 8 heteroatoms. The van der Waals surface area contributed by atoms with Gasteiger partial charge in [0.15, 0.2) is 6.04 Å². The predicted octanol–water partition coefficient (Wildman–Crippen LogP) is 4.72. The number of hydrogen-bond acceptors (Lipinski definition) is 5. The number of quaternary nitrogens is 1. The van der Waals surface area contributed by atoms with Gasteiger partial charge >= 0.3 is 5.97 Å². The number of rotatable bonds is 19. The monoisotopic (exact) mass is 480 g/mol. The van der Waals surface area contributed by atoms with E-state index in [1.165, 1.54) is 83.6 Å². The number of nitrogens with zero attached hydrogens (tertiary/aromatic N) is 2. The number of aliphatic carboxylic acids is 1. The molecule has 0 amide bonds. The van der Waals surface area contributed by atoms with Gasteiger partial charge in [0, 0.05) is 12.2 Å². The van der Waals surface area contributed by atoms with Gasteiger partial charge < -0.3 is 19.0 Å². The third kappa shape index (κ3) is 25.6. The summed E-state index contributed by atoms with van der Waals surface area (Å²) in [5, 5.41) is 8.90. The highest BCUT2D eigenvalue weighted by atomic mass is 32.2. The molecule has 1 unspecified atom stereocenters. The molecule has 32 heavy (non-hydrogen) atoms. The Morgan fingerprint density at radius 1 is 0.844 bits per heavy atom. The smallest absolute Gasteiger partial charge is 0.362 e. The molecular weight excluding hydrogens is 428 g/mol. The van der Waals surface area contributed by atoms with Crippen LogP contribution in [0.5, 0.6) is 0 Å². The standard InChI is InChI=1S/C16H35N.C8H17NO5S/c1-4-5-6-7-8-9-10-11-12-13-14-15-16-17(2)3;1-9(2,3)7(8(10)11)5-4-6-15(12,13)14/h4-16H2,1-3H3;7H,4-6H2,1-3H3,(H-,10,11,12,13,14). The van der Waals surface area contributed by atoms with Gasteiger partial charge in [-0.2, -0.15) is 0 Å². The number of likely N-dealkylation sites (N-methyl/N-ethyl adjacent to an activating group) is 1. The molecule has 0 saturated carbocycles. The van der Waals surface area contributed by atoms with Gasteiger partial charge in [-0.05, 0) is 33.5 Å². The summed E-state index contributed by atoms with van der Waals surface area (Å²) in [7, 11) is 5.23. The minimum absolute atomic E-state index is 0.0817. The second-order valence-electron chi connectivity index (χ2n) is 10.1. The second-order valence-corrected chi connectivity index (χ2v) is 11.6. The first-order valence-corrected chi connectivity index (χ1v) is 14.0. The van der Waals surface area contributed by atoms with E-state index in [1.54, 1.807) is 21.1 Å². The molecule has 0 heterocycles. The van der Waals surface area contributed by atoms with Crippen molar-refractivity contribution in [2.75, 3.05) is 47.5 Å². The summed E-state index contributed by atoms with van der Waals surface area (Å²) in [4.78, 5) is 13.1. The number of hydrogen-bond donors (Lipinski definition) is 1. The molecule has 0 aromatic rings. The van der Waals surface area contributed by atoms with E-state index in [4.69, 9.17) is 5.11 Å². The van der Waals surface area contributed by atoms with Crippen molar-refractivity contribution in [2.24, 2.45) is 0 Å². The summed E-state index contributed by atoms with van der Waals surface area (Å²) in [6, 6.07) is -0.688. The zero-order valence-electron chi connectivity index (χ0n) is 21.8. The molecule has 0 spiro atoms. The Kier molecular flexibility index (Phi) is 20.6. The van der Waals surface area contributed by atoms with E-state index in [1.807, 2.05) is 0 Å². The topological polar surface area (TPSA) is 97.7 Å². The maximum Gasteiger partial charge on any atom is 0.362 e. The minimum Gasteiger partial charge on any atom is -0.748 e. The van der Waals surface area contributed by atoms with Gasteiger partial charge in [-0.15, -0.1) is 0 Å². The van der Waals surface area contributed by atoms with Crippen molar-refractivity contribution in [3.8, 4) is 0 Å². The van der Waals surface area contributed by atoms with Gasteiger partial charge in [0.05, 0.1) is 31.3 Å². The fraction of sp³-hybridized carbons (Fsp3) is 0.958. The Morgan fingerprint density at radius 3 is 1.56 bits per heavy atom. The summed E-state index contributed by atoms with van der Waals surface area (Å²) in [6.45, 7) is 3.55. The summed E-state index contributed by atoms with van der Waals surface area (Å²) in [5.41, 5.74) is 0. The Morgan fingerprint density at radius 2 is 1.25 bits per heavy atom. The average molecular weight is 481 g/mol. The lowest BCUT2D eigenvalue weighted by Crippen LogP contribution is -2.49. The molecule has 7 nitrogen and oxygen atoms in total. The van der Waals surface area contributed by atoms with Crippen LogP contribution in [0.3, 0.4) is 0 Å². The van der Waals surface area contributed by atoms with Gasteiger partial charge in [-0.1, -0.05) is 77.6 Å². The van der Waals surface area contributed by atoms with Crippen molar-refractivity contribution in [3.05, 3.63) is 0 Å². The van der Waals surface area contributed by atoms with Crippen LogP contribution in [0.25, 0.3) is 0 Å². The van der Waals surface area contributed by atoms with E-state index in [0.29, 0.717) is 0 Å². The van der Waals surface area contributed by atoms with Crippen LogP contribution in [0, 0.1) is 0 Å². The molecule has 1 N–H and O–H groups in total. The molecule has 0 fully saturated rings. The van der Waals surface area contributed by atoms with E-state index >= 15 is 0 Å². The summed E-state index contributed by atoms with van der Waals surface area (Å²) < 4.78 is 31.2. The lowest BCUT2D eigenvalue weighted by molar-refractivity contribution is -0.887. The third-order valence-electron chi connectivity index (χ3n) is 5.55. The SMILES string of the molecule is CCCCCCCCCCCCCCN(C)C.C[N+](C)(C)C(CCCS(=O)(=O)[O-])C(=O)O. The molecule has 1 atom stereocenters. The molecule has 0 aliphatic heterocycles.